The van der Waals surface area contributed by atoms with E-state index in [0.717, 1.165) is 32.3 Å². The third kappa shape index (κ3) is 17.5. The van der Waals surface area contributed by atoms with Crippen LogP contribution in [0.1, 0.15) is 0 Å². The Morgan fingerprint density at radius 3 is 0.654 bits per heavy atom. The standard InChI is InChI=1S/3C10H8O3S.9H2O.Tb/c3*11-14(12,13)10-6-5-8-3-1-2-4-9(8)7-10;;;;;;;;;;/h3*1-7H,(H,11,12,13);9*1H2;/q;;;;;;;;;;;;+3/p+3. The molecule has 0 aromatic heterocycles. The Kier molecular flexibility index (Phi) is 32.5. The SMILES string of the molecule is O.O.O.O=S(=O)([O-])c1ccc2ccccc2c1.O=S(=O)([O-])c1ccc2ccccc2c1.O=S(=O)([O-])c1ccc2ccccc2c1.[OH3+].[OH3+].[OH3+].[OH3+].[OH3+].[OH3+].[Tb+3]. The molecule has 294 valence electrons. The van der Waals surface area contributed by atoms with Gasteiger partial charge in [0.2, 0.25) is 0 Å². The van der Waals surface area contributed by atoms with Crippen molar-refractivity contribution in [2.45, 2.75) is 14.7 Å². The van der Waals surface area contributed by atoms with Crippen molar-refractivity contribution < 1.29 is 127 Å². The molecular weight excluding hydrogens is 903 g/mol. The van der Waals surface area contributed by atoms with Crippen molar-refractivity contribution in [3.8, 4) is 0 Å². The van der Waals surface area contributed by atoms with Crippen molar-refractivity contribution in [3.63, 3.8) is 0 Å². The molecule has 0 aliphatic rings. The van der Waals surface area contributed by atoms with E-state index in [-0.39, 0.29) is 103 Å². The second-order valence-electron chi connectivity index (χ2n) is 8.89. The summed E-state index contributed by atoms with van der Waals surface area (Å²) in [5.41, 5.74) is 0. The van der Waals surface area contributed by atoms with Crippen LogP contribution < -0.4 is 0 Å². The first-order chi connectivity index (χ1) is 19.7. The molecule has 0 heterocycles. The summed E-state index contributed by atoms with van der Waals surface area (Å²) in [6.45, 7) is 0. The van der Waals surface area contributed by atoms with Gasteiger partial charge in [-0.05, 0) is 68.7 Å². The summed E-state index contributed by atoms with van der Waals surface area (Å²) in [6.07, 6.45) is 0. The first kappa shape index (κ1) is 63.8. The van der Waals surface area contributed by atoms with Gasteiger partial charge in [0.1, 0.15) is 30.4 Å². The summed E-state index contributed by atoms with van der Waals surface area (Å²) in [6, 6.07) is 34.8. The molecule has 0 unspecified atom stereocenters. The summed E-state index contributed by atoms with van der Waals surface area (Å²) in [7, 11) is -13.0. The minimum absolute atomic E-state index is 0. The zero-order chi connectivity index (χ0) is 30.5. The van der Waals surface area contributed by atoms with Gasteiger partial charge in [-0.25, -0.2) is 25.3 Å². The topological polar surface area (TPSA) is 464 Å². The van der Waals surface area contributed by atoms with Gasteiger partial charge in [-0.15, -0.1) is 0 Å². The van der Waals surface area contributed by atoms with Crippen molar-refractivity contribution in [2.75, 3.05) is 0 Å². The van der Waals surface area contributed by atoms with Crippen LogP contribution >= 0.6 is 0 Å². The van der Waals surface area contributed by atoms with Gasteiger partial charge in [0.25, 0.3) is 0 Å². The first-order valence-electron chi connectivity index (χ1n) is 12.1. The van der Waals surface area contributed by atoms with Crippen molar-refractivity contribution >= 4 is 62.7 Å². The van der Waals surface area contributed by atoms with Crippen LogP contribution in [-0.2, 0) is 63.2 Å². The zero-order valence-corrected chi connectivity index (χ0v) is 31.4. The maximum Gasteiger partial charge on any atom is 3.00 e. The molecule has 0 amide bonds. The van der Waals surface area contributed by atoms with Gasteiger partial charge in [-0.1, -0.05) is 91.0 Å². The van der Waals surface area contributed by atoms with Crippen molar-refractivity contribution in [1.82, 2.24) is 0 Å². The van der Waals surface area contributed by atoms with Crippen LogP contribution in [0.25, 0.3) is 32.3 Å². The van der Waals surface area contributed by atoms with Crippen molar-refractivity contribution in [1.29, 1.82) is 0 Å². The van der Waals surface area contributed by atoms with E-state index < -0.39 is 30.4 Å². The number of rotatable bonds is 3. The van der Waals surface area contributed by atoms with E-state index in [9.17, 15) is 38.9 Å². The quantitative estimate of drug-likeness (QED) is 0.131. The fourth-order valence-electron chi connectivity index (χ4n) is 3.97. The van der Waals surface area contributed by atoms with E-state index in [4.69, 9.17) is 0 Å². The zero-order valence-electron chi connectivity index (χ0n) is 26.8. The smallest absolute Gasteiger partial charge is 0.744 e. The molecule has 24 N–H and O–H groups in total. The predicted molar refractivity (Wildman–Crippen MR) is 196 cm³/mol. The van der Waals surface area contributed by atoms with Crippen LogP contribution in [-0.4, -0.2) is 55.3 Å². The molecule has 52 heavy (non-hydrogen) atoms. The Labute approximate surface area is 329 Å². The van der Waals surface area contributed by atoms with Crippen molar-refractivity contribution in [2.24, 2.45) is 0 Å². The summed E-state index contributed by atoms with van der Waals surface area (Å²) < 4.78 is 96.5. The molecule has 0 aliphatic carbocycles. The second-order valence-corrected chi connectivity index (χ2v) is 13.0. The molecule has 0 bridgehead atoms. The molecule has 0 saturated heterocycles. The third-order valence-corrected chi connectivity index (χ3v) is 8.52. The van der Waals surface area contributed by atoms with Gasteiger partial charge < -0.3 is 62.9 Å². The van der Waals surface area contributed by atoms with E-state index in [1.165, 1.54) is 36.4 Å². The minimum Gasteiger partial charge on any atom is -0.744 e. The Balaban J connectivity index is -0.000000107. The van der Waals surface area contributed by atoms with Crippen LogP contribution in [0.15, 0.2) is 142 Å². The van der Waals surface area contributed by atoms with E-state index in [2.05, 4.69) is 0 Å². The summed E-state index contributed by atoms with van der Waals surface area (Å²) in [5.74, 6) is 0. The summed E-state index contributed by atoms with van der Waals surface area (Å²) in [5, 5.41) is 5.01. The van der Waals surface area contributed by atoms with E-state index in [1.54, 1.807) is 54.6 Å². The van der Waals surface area contributed by atoms with Crippen LogP contribution in [0.3, 0.4) is 0 Å². The average Bonchev–Trinajstić information content (AvgIpc) is 2.95. The normalized spacial score (nSPS) is 9.52. The fourth-order valence-corrected chi connectivity index (χ4v) is 5.49. The summed E-state index contributed by atoms with van der Waals surface area (Å²) >= 11 is 0. The minimum atomic E-state index is -4.34. The number of fused-ring (bicyclic) bond motifs is 3. The Morgan fingerprint density at radius 1 is 0.308 bits per heavy atom. The molecule has 0 fully saturated rings. The fraction of sp³-hybridized carbons (Fsp3) is 0. The molecule has 0 spiro atoms. The predicted octanol–water partition coefficient (Wildman–Crippen LogP) is -2.77. The second kappa shape index (κ2) is 26.5. The van der Waals surface area contributed by atoms with E-state index >= 15 is 0 Å². The van der Waals surface area contributed by atoms with Crippen LogP contribution in [0.4, 0.5) is 0 Å². The number of benzene rings is 6. The molecule has 6 rings (SSSR count). The average molecular weight is 949 g/mol. The first-order valence-corrected chi connectivity index (χ1v) is 16.3. The van der Waals surface area contributed by atoms with Crippen LogP contribution in [0.2, 0.25) is 0 Å². The summed E-state index contributed by atoms with van der Waals surface area (Å²) in [4.78, 5) is -0.552. The Bertz CT molecular complexity index is 2000. The number of hydrogen-bond donors (Lipinski definition) is 0. The molecule has 0 atom stereocenters. The van der Waals surface area contributed by atoms with Crippen molar-refractivity contribution in [3.05, 3.63) is 127 Å². The third-order valence-electron chi connectivity index (χ3n) is 6.03. The molecule has 6 aromatic rings. The Morgan fingerprint density at radius 2 is 0.481 bits per heavy atom. The van der Waals surface area contributed by atoms with Gasteiger partial charge in [-0.3, -0.25) is 0 Å². The molecule has 22 heteroatoms. The van der Waals surface area contributed by atoms with E-state index in [1.807, 2.05) is 36.4 Å². The number of hydrogen-bond acceptors (Lipinski definition) is 9. The van der Waals surface area contributed by atoms with E-state index in [0.29, 0.717) is 0 Å². The maximum absolute atomic E-state index is 10.7. The molecule has 0 radical (unpaired) electrons. The largest absolute Gasteiger partial charge is 3.00 e. The van der Waals surface area contributed by atoms with Crippen LogP contribution in [0, 0.1) is 38.6 Å². The van der Waals surface area contributed by atoms with Gasteiger partial charge in [-0.2, -0.15) is 0 Å². The molecule has 0 aliphatic heterocycles. The van der Waals surface area contributed by atoms with Crippen LogP contribution in [0.5, 0.6) is 0 Å². The maximum atomic E-state index is 10.7. The molecule has 0 saturated carbocycles. The van der Waals surface area contributed by atoms with Gasteiger partial charge in [0.05, 0.1) is 14.7 Å². The monoisotopic (exact) mass is 948 g/mol. The van der Waals surface area contributed by atoms with Gasteiger partial charge in [0, 0.05) is 0 Å². The molecular formula is C30H45O18S3Tb+6. The van der Waals surface area contributed by atoms with Gasteiger partial charge in [0.15, 0.2) is 0 Å². The molecule has 6 aromatic carbocycles. The molecule has 18 nitrogen and oxygen atoms in total. The Hall–Kier alpha value is -3.24. The van der Waals surface area contributed by atoms with Gasteiger partial charge >= 0.3 is 38.6 Å².